The molecule has 3 aromatic carbocycles. The molecule has 30 heavy (non-hydrogen) atoms. The van der Waals surface area contributed by atoms with E-state index in [9.17, 15) is 4.79 Å². The minimum absolute atomic E-state index is 0.238. The van der Waals surface area contributed by atoms with E-state index in [0.717, 1.165) is 36.7 Å². The minimum atomic E-state index is -0.238. The van der Waals surface area contributed by atoms with Crippen LogP contribution in [0.5, 0.6) is 0 Å². The quantitative estimate of drug-likeness (QED) is 0.284. The number of benzene rings is 3. The molecule has 0 unspecified atom stereocenters. The predicted octanol–water partition coefficient (Wildman–Crippen LogP) is 7.95. The van der Waals surface area contributed by atoms with Gasteiger partial charge in [0.15, 0.2) is 0 Å². The summed E-state index contributed by atoms with van der Waals surface area (Å²) in [6, 6.07) is 19.2. The molecule has 0 radical (unpaired) electrons. The van der Waals surface area contributed by atoms with Crippen molar-refractivity contribution in [2.75, 3.05) is 5.32 Å². The highest BCUT2D eigenvalue weighted by Crippen LogP contribution is 2.31. The summed E-state index contributed by atoms with van der Waals surface area (Å²) in [5, 5.41) is 4.18. The third kappa shape index (κ3) is 4.29. The number of anilines is 1. The van der Waals surface area contributed by atoms with Crippen molar-refractivity contribution in [3.05, 3.63) is 91.3 Å². The van der Waals surface area contributed by atoms with Crippen molar-refractivity contribution in [1.82, 2.24) is 4.98 Å². The van der Waals surface area contributed by atoms with Crippen LogP contribution in [0.3, 0.4) is 0 Å². The summed E-state index contributed by atoms with van der Waals surface area (Å²) in [4.78, 5) is 18.2. The largest absolute Gasteiger partial charge is 0.321 e. The molecule has 0 saturated carbocycles. The molecule has 150 valence electrons. The van der Waals surface area contributed by atoms with Gasteiger partial charge in [0.25, 0.3) is 5.91 Å². The number of halogens is 3. The Kier molecular flexibility index (Phi) is 5.96. The molecular formula is C24H17Br2ClN2O. The van der Waals surface area contributed by atoms with Gasteiger partial charge in [0.1, 0.15) is 0 Å². The number of nitrogens with zero attached hydrogens (tertiary/aromatic N) is 1. The van der Waals surface area contributed by atoms with Crippen LogP contribution in [-0.4, -0.2) is 10.9 Å². The molecule has 6 heteroatoms. The molecule has 0 aliphatic rings. The molecule has 0 aliphatic heterocycles. The Morgan fingerprint density at radius 3 is 2.37 bits per heavy atom. The van der Waals surface area contributed by atoms with E-state index in [1.165, 1.54) is 5.56 Å². The topological polar surface area (TPSA) is 42.0 Å². The SMILES string of the molecule is Cc1ccc(-c2cc(C(=O)Nc3ccc(Br)cc3Cl)c3cc(Br)cc(C)c3n2)cc1. The van der Waals surface area contributed by atoms with Crippen LogP contribution in [0.25, 0.3) is 22.2 Å². The number of amides is 1. The number of pyridine rings is 1. The van der Waals surface area contributed by atoms with Gasteiger partial charge in [-0.15, -0.1) is 0 Å². The van der Waals surface area contributed by atoms with E-state index in [1.54, 1.807) is 12.1 Å². The zero-order valence-electron chi connectivity index (χ0n) is 16.3. The average molecular weight is 545 g/mol. The van der Waals surface area contributed by atoms with Gasteiger partial charge < -0.3 is 5.32 Å². The van der Waals surface area contributed by atoms with Crippen LogP contribution < -0.4 is 5.32 Å². The van der Waals surface area contributed by atoms with Crippen molar-refractivity contribution in [2.45, 2.75) is 13.8 Å². The lowest BCUT2D eigenvalue weighted by Crippen LogP contribution is -2.13. The zero-order valence-corrected chi connectivity index (χ0v) is 20.2. The third-order valence-electron chi connectivity index (χ3n) is 4.84. The Morgan fingerprint density at radius 2 is 1.67 bits per heavy atom. The van der Waals surface area contributed by atoms with E-state index in [2.05, 4.69) is 37.2 Å². The molecule has 0 spiro atoms. The number of carbonyl (C=O) groups excluding carboxylic acids is 1. The lowest BCUT2D eigenvalue weighted by molar-refractivity contribution is 0.102. The number of fused-ring (bicyclic) bond motifs is 1. The van der Waals surface area contributed by atoms with E-state index in [1.807, 2.05) is 62.4 Å². The summed E-state index contributed by atoms with van der Waals surface area (Å²) in [6.07, 6.45) is 0. The van der Waals surface area contributed by atoms with Crippen molar-refractivity contribution in [3.63, 3.8) is 0 Å². The van der Waals surface area contributed by atoms with Gasteiger partial charge in [0.2, 0.25) is 0 Å². The Labute approximate surface area is 196 Å². The predicted molar refractivity (Wildman–Crippen MR) is 131 cm³/mol. The fourth-order valence-electron chi connectivity index (χ4n) is 3.30. The Morgan fingerprint density at radius 1 is 0.933 bits per heavy atom. The van der Waals surface area contributed by atoms with Crippen LogP contribution >= 0.6 is 43.5 Å². The normalized spacial score (nSPS) is 11.0. The smallest absolute Gasteiger partial charge is 0.256 e. The summed E-state index contributed by atoms with van der Waals surface area (Å²) in [7, 11) is 0. The number of aromatic nitrogens is 1. The maximum atomic E-state index is 13.3. The van der Waals surface area contributed by atoms with Crippen molar-refractivity contribution >= 4 is 66.0 Å². The van der Waals surface area contributed by atoms with Gasteiger partial charge in [-0.3, -0.25) is 4.79 Å². The van der Waals surface area contributed by atoms with Gasteiger partial charge in [0.05, 0.1) is 27.5 Å². The summed E-state index contributed by atoms with van der Waals surface area (Å²) in [6.45, 7) is 4.03. The number of carbonyl (C=O) groups is 1. The molecule has 4 aromatic rings. The number of aryl methyl sites for hydroxylation is 2. The Balaban J connectivity index is 1.87. The molecule has 1 amide bonds. The van der Waals surface area contributed by atoms with Crippen LogP contribution in [0, 0.1) is 13.8 Å². The van der Waals surface area contributed by atoms with E-state index in [4.69, 9.17) is 16.6 Å². The van der Waals surface area contributed by atoms with E-state index in [0.29, 0.717) is 16.3 Å². The van der Waals surface area contributed by atoms with Crippen LogP contribution in [0.2, 0.25) is 5.02 Å². The van der Waals surface area contributed by atoms with Crippen LogP contribution in [0.15, 0.2) is 69.6 Å². The number of hydrogen-bond donors (Lipinski definition) is 1. The molecule has 0 fully saturated rings. The monoisotopic (exact) mass is 542 g/mol. The molecule has 1 heterocycles. The first-order chi connectivity index (χ1) is 14.3. The first-order valence-electron chi connectivity index (χ1n) is 9.26. The maximum absolute atomic E-state index is 13.3. The summed E-state index contributed by atoms with van der Waals surface area (Å²) >= 11 is 13.2. The molecule has 3 nitrogen and oxygen atoms in total. The van der Waals surface area contributed by atoms with Crippen LogP contribution in [0.4, 0.5) is 5.69 Å². The highest BCUT2D eigenvalue weighted by molar-refractivity contribution is 9.10. The van der Waals surface area contributed by atoms with Gasteiger partial charge in [-0.1, -0.05) is 73.3 Å². The number of hydrogen-bond acceptors (Lipinski definition) is 2. The van der Waals surface area contributed by atoms with Gasteiger partial charge in [-0.05, 0) is 55.8 Å². The molecular weight excluding hydrogens is 528 g/mol. The standard InChI is InChI=1S/C24H17Br2ClN2O/c1-13-3-5-15(6-4-13)22-12-19(18-10-17(26)9-14(2)23(18)28-22)24(30)29-21-8-7-16(25)11-20(21)27/h3-12H,1-2H3,(H,29,30). The van der Waals surface area contributed by atoms with E-state index >= 15 is 0 Å². The van der Waals surface area contributed by atoms with Crippen LogP contribution in [0.1, 0.15) is 21.5 Å². The minimum Gasteiger partial charge on any atom is -0.321 e. The molecule has 0 bridgehead atoms. The maximum Gasteiger partial charge on any atom is 0.256 e. The van der Waals surface area contributed by atoms with Crippen molar-refractivity contribution < 1.29 is 4.79 Å². The second-order valence-electron chi connectivity index (χ2n) is 7.12. The summed E-state index contributed by atoms with van der Waals surface area (Å²) in [5.41, 5.74) is 5.76. The van der Waals surface area contributed by atoms with Crippen molar-refractivity contribution in [1.29, 1.82) is 0 Å². The molecule has 0 atom stereocenters. The van der Waals surface area contributed by atoms with Crippen molar-refractivity contribution in [3.8, 4) is 11.3 Å². The third-order valence-corrected chi connectivity index (χ3v) is 6.10. The fraction of sp³-hybridized carbons (Fsp3) is 0.0833. The van der Waals surface area contributed by atoms with Gasteiger partial charge in [-0.2, -0.15) is 0 Å². The Bertz CT molecular complexity index is 1290. The first kappa shape index (κ1) is 21.0. The lowest BCUT2D eigenvalue weighted by atomic mass is 10.0. The van der Waals surface area contributed by atoms with E-state index in [-0.39, 0.29) is 5.91 Å². The first-order valence-corrected chi connectivity index (χ1v) is 11.2. The molecule has 4 rings (SSSR count). The van der Waals surface area contributed by atoms with Gasteiger partial charge in [-0.25, -0.2) is 4.98 Å². The lowest BCUT2D eigenvalue weighted by Gasteiger charge is -2.13. The molecule has 0 saturated heterocycles. The highest BCUT2D eigenvalue weighted by Gasteiger charge is 2.17. The van der Waals surface area contributed by atoms with Crippen molar-refractivity contribution in [2.24, 2.45) is 0 Å². The highest BCUT2D eigenvalue weighted by atomic mass is 79.9. The Hall–Kier alpha value is -2.21. The summed E-state index contributed by atoms with van der Waals surface area (Å²) in [5.74, 6) is -0.238. The molecule has 0 aliphatic carbocycles. The molecule has 1 aromatic heterocycles. The van der Waals surface area contributed by atoms with E-state index < -0.39 is 0 Å². The van der Waals surface area contributed by atoms with Crippen LogP contribution in [-0.2, 0) is 0 Å². The second-order valence-corrected chi connectivity index (χ2v) is 9.36. The fourth-order valence-corrected chi connectivity index (χ4v) is 4.59. The van der Waals surface area contributed by atoms with Gasteiger partial charge in [0, 0.05) is 19.9 Å². The number of nitrogens with one attached hydrogen (secondary N) is 1. The molecule has 1 N–H and O–H groups in total. The summed E-state index contributed by atoms with van der Waals surface area (Å²) < 4.78 is 1.74. The zero-order chi connectivity index (χ0) is 21.4. The second kappa shape index (κ2) is 8.50. The number of rotatable bonds is 3. The van der Waals surface area contributed by atoms with Gasteiger partial charge >= 0.3 is 0 Å². The average Bonchev–Trinajstić information content (AvgIpc) is 2.70.